The monoisotopic (exact) mass is 274 g/mol. The predicted octanol–water partition coefficient (Wildman–Crippen LogP) is 3.37. The Morgan fingerprint density at radius 2 is 1.56 bits per heavy atom. The molecule has 0 aliphatic carbocycles. The predicted molar refractivity (Wildman–Crippen MR) is 59.0 cm³/mol. The quantitative estimate of drug-likeness (QED) is 0.674. The first-order chi connectivity index (χ1) is 8.47. The maximum atomic E-state index is 13.4. The molecule has 0 fully saturated rings. The van der Waals surface area contributed by atoms with E-state index in [9.17, 15) is 17.6 Å². The number of nitrogens with two attached hydrogens (primary N) is 1. The van der Waals surface area contributed by atoms with E-state index in [1.54, 1.807) is 0 Å². The summed E-state index contributed by atoms with van der Waals surface area (Å²) in [4.78, 5) is 2.98. The molecule has 7 heteroatoms. The average molecular weight is 274 g/mol. The minimum atomic E-state index is -0.990. The van der Waals surface area contributed by atoms with Crippen molar-refractivity contribution in [2.75, 3.05) is 5.73 Å². The van der Waals surface area contributed by atoms with Crippen LogP contribution in [0.4, 0.5) is 23.2 Å². The molecule has 2 N–H and O–H groups in total. The van der Waals surface area contributed by atoms with Gasteiger partial charge in [0, 0.05) is 11.8 Å². The van der Waals surface area contributed by atoms with Gasteiger partial charge in [-0.1, -0.05) is 11.8 Å². The third-order valence-electron chi connectivity index (χ3n) is 1.99. The summed E-state index contributed by atoms with van der Waals surface area (Å²) in [5.74, 6) is -3.71. The Bertz CT molecular complexity index is 581. The van der Waals surface area contributed by atoms with Crippen LogP contribution in [0, 0.1) is 23.3 Å². The van der Waals surface area contributed by atoms with Gasteiger partial charge in [0.2, 0.25) is 0 Å². The fourth-order valence-corrected chi connectivity index (χ4v) is 2.02. The molecule has 0 spiro atoms. The van der Waals surface area contributed by atoms with Crippen LogP contribution in [-0.4, -0.2) is 4.98 Å². The molecule has 0 bridgehead atoms. The van der Waals surface area contributed by atoms with Crippen molar-refractivity contribution in [1.29, 1.82) is 0 Å². The summed E-state index contributed by atoms with van der Waals surface area (Å²) in [6.07, 6.45) is 0.762. The van der Waals surface area contributed by atoms with Crippen molar-refractivity contribution in [3.05, 3.63) is 47.7 Å². The van der Waals surface area contributed by atoms with Gasteiger partial charge in [0.1, 0.15) is 22.5 Å². The topological polar surface area (TPSA) is 38.9 Å². The number of benzene rings is 1. The minimum Gasteiger partial charge on any atom is -0.399 e. The number of hydrogen-bond acceptors (Lipinski definition) is 3. The van der Waals surface area contributed by atoms with E-state index in [0.29, 0.717) is 17.8 Å². The van der Waals surface area contributed by atoms with Gasteiger partial charge in [-0.15, -0.1) is 0 Å². The average Bonchev–Trinajstić information content (AvgIpc) is 2.25. The summed E-state index contributed by atoms with van der Waals surface area (Å²) < 4.78 is 52.8. The normalized spacial score (nSPS) is 10.7. The molecule has 0 unspecified atom stereocenters. The van der Waals surface area contributed by atoms with Gasteiger partial charge in [-0.2, -0.15) is 0 Å². The van der Waals surface area contributed by atoms with Crippen LogP contribution >= 0.6 is 11.8 Å². The number of pyridine rings is 1. The molecule has 1 aromatic carbocycles. The highest BCUT2D eigenvalue weighted by Gasteiger charge is 2.15. The van der Waals surface area contributed by atoms with Crippen molar-refractivity contribution in [3.8, 4) is 0 Å². The van der Waals surface area contributed by atoms with Crippen LogP contribution in [0.3, 0.4) is 0 Å². The Labute approximate surface area is 104 Å². The molecule has 94 valence electrons. The second kappa shape index (κ2) is 4.85. The SMILES string of the molecule is Nc1cc(F)c(Sc2ncc(F)cc2F)c(F)c1. The Morgan fingerprint density at radius 3 is 2.11 bits per heavy atom. The smallest absolute Gasteiger partial charge is 0.158 e. The molecule has 2 aromatic rings. The summed E-state index contributed by atoms with van der Waals surface area (Å²) in [5, 5.41) is -0.320. The van der Waals surface area contributed by atoms with E-state index in [2.05, 4.69) is 4.98 Å². The summed E-state index contributed by atoms with van der Waals surface area (Å²) in [6.45, 7) is 0. The number of nitrogens with zero attached hydrogens (tertiary/aromatic N) is 1. The van der Waals surface area contributed by atoms with Crippen molar-refractivity contribution in [1.82, 2.24) is 4.98 Å². The van der Waals surface area contributed by atoms with Gasteiger partial charge in [-0.25, -0.2) is 22.5 Å². The number of rotatable bonds is 2. The summed E-state index contributed by atoms with van der Waals surface area (Å²) in [6, 6.07) is 2.40. The highest BCUT2D eigenvalue weighted by molar-refractivity contribution is 7.99. The number of hydrogen-bond donors (Lipinski definition) is 1. The Balaban J connectivity index is 2.40. The second-order valence-corrected chi connectivity index (χ2v) is 4.36. The molecule has 0 saturated carbocycles. The molecule has 0 saturated heterocycles. The lowest BCUT2D eigenvalue weighted by atomic mass is 10.3. The van der Waals surface area contributed by atoms with Crippen molar-refractivity contribution in [2.45, 2.75) is 9.92 Å². The van der Waals surface area contributed by atoms with E-state index in [0.717, 1.165) is 18.3 Å². The third-order valence-corrected chi connectivity index (χ3v) is 3.08. The van der Waals surface area contributed by atoms with Crippen molar-refractivity contribution in [2.24, 2.45) is 0 Å². The van der Waals surface area contributed by atoms with Crippen molar-refractivity contribution >= 4 is 17.4 Å². The molecule has 0 atom stereocenters. The number of halogens is 4. The van der Waals surface area contributed by atoms with E-state index in [4.69, 9.17) is 5.73 Å². The molecular formula is C11H6F4N2S. The summed E-state index contributed by atoms with van der Waals surface area (Å²) in [5.41, 5.74) is 5.16. The van der Waals surface area contributed by atoms with Crippen LogP contribution in [-0.2, 0) is 0 Å². The van der Waals surface area contributed by atoms with Crippen molar-refractivity contribution < 1.29 is 17.6 Å². The van der Waals surface area contributed by atoms with Gasteiger partial charge in [0.15, 0.2) is 5.82 Å². The van der Waals surface area contributed by atoms with Crippen LogP contribution in [0.15, 0.2) is 34.3 Å². The Hall–Kier alpha value is -1.76. The first-order valence-corrected chi connectivity index (χ1v) is 5.52. The standard InChI is InChI=1S/C11H6F4N2S/c12-5-1-9(15)11(17-4-5)18-10-7(13)2-6(16)3-8(10)14/h1-4H,16H2. The summed E-state index contributed by atoms with van der Waals surface area (Å²) in [7, 11) is 0. The molecule has 1 heterocycles. The maximum Gasteiger partial charge on any atom is 0.158 e. The number of aromatic nitrogens is 1. The molecule has 0 aliphatic heterocycles. The van der Waals surface area contributed by atoms with E-state index in [1.807, 2.05) is 0 Å². The maximum absolute atomic E-state index is 13.4. The molecule has 0 aliphatic rings. The number of anilines is 1. The second-order valence-electron chi connectivity index (χ2n) is 3.36. The van der Waals surface area contributed by atoms with Crippen molar-refractivity contribution in [3.63, 3.8) is 0 Å². The van der Waals surface area contributed by atoms with Gasteiger partial charge in [-0.05, 0) is 12.1 Å². The Morgan fingerprint density at radius 1 is 0.944 bits per heavy atom. The highest BCUT2D eigenvalue weighted by Crippen LogP contribution is 2.33. The van der Waals surface area contributed by atoms with Crippen LogP contribution in [0.2, 0.25) is 0 Å². The van der Waals surface area contributed by atoms with Gasteiger partial charge < -0.3 is 5.73 Å². The molecule has 18 heavy (non-hydrogen) atoms. The molecule has 2 rings (SSSR count). The third kappa shape index (κ3) is 2.56. The number of nitrogen functional groups attached to an aromatic ring is 1. The van der Waals surface area contributed by atoms with Crippen LogP contribution in [0.5, 0.6) is 0 Å². The van der Waals surface area contributed by atoms with Crippen LogP contribution < -0.4 is 5.73 Å². The lowest BCUT2D eigenvalue weighted by molar-refractivity contribution is 0.537. The fraction of sp³-hybridized carbons (Fsp3) is 0. The molecular weight excluding hydrogens is 268 g/mol. The fourth-order valence-electron chi connectivity index (χ4n) is 1.25. The van der Waals surface area contributed by atoms with E-state index in [-0.39, 0.29) is 10.7 Å². The van der Waals surface area contributed by atoms with E-state index < -0.39 is 28.2 Å². The largest absolute Gasteiger partial charge is 0.399 e. The van der Waals surface area contributed by atoms with Gasteiger partial charge in [0.05, 0.1) is 11.1 Å². The lowest BCUT2D eigenvalue weighted by Crippen LogP contribution is -1.95. The first-order valence-electron chi connectivity index (χ1n) is 4.71. The molecule has 0 radical (unpaired) electrons. The first kappa shape index (κ1) is 12.7. The lowest BCUT2D eigenvalue weighted by Gasteiger charge is -2.06. The molecule has 0 amide bonds. The highest BCUT2D eigenvalue weighted by atomic mass is 32.2. The Kier molecular flexibility index (Phi) is 3.42. The zero-order valence-electron chi connectivity index (χ0n) is 8.75. The van der Waals surface area contributed by atoms with Gasteiger partial charge in [-0.3, -0.25) is 0 Å². The molecule has 2 nitrogen and oxygen atoms in total. The van der Waals surface area contributed by atoms with Gasteiger partial charge >= 0.3 is 0 Å². The van der Waals surface area contributed by atoms with Gasteiger partial charge in [0.25, 0.3) is 0 Å². The molecule has 1 aromatic heterocycles. The zero-order chi connectivity index (χ0) is 13.3. The van der Waals surface area contributed by atoms with E-state index >= 15 is 0 Å². The zero-order valence-corrected chi connectivity index (χ0v) is 9.57. The van der Waals surface area contributed by atoms with E-state index in [1.165, 1.54) is 0 Å². The summed E-state index contributed by atoms with van der Waals surface area (Å²) >= 11 is 0.427. The van der Waals surface area contributed by atoms with Crippen LogP contribution in [0.25, 0.3) is 0 Å². The van der Waals surface area contributed by atoms with Crippen LogP contribution in [0.1, 0.15) is 0 Å². The minimum absolute atomic E-state index is 0.0816.